The van der Waals surface area contributed by atoms with Crippen LogP contribution in [0.1, 0.15) is 18.5 Å². The third-order valence-electron chi connectivity index (χ3n) is 2.41. The Morgan fingerprint density at radius 3 is 2.73 bits per heavy atom. The zero-order valence-corrected chi connectivity index (χ0v) is 9.60. The summed E-state index contributed by atoms with van der Waals surface area (Å²) in [5, 5.41) is 1.14. The standard InChI is InChI=1S/C11H14N2O.ClH/c1-7(12)10-6-13-11-4-3-8(14-2)5-9(10)11;/h3-7,13H,12H2,1-2H3;1H/t7-;/m0./s1. The van der Waals surface area contributed by atoms with E-state index >= 15 is 0 Å². The summed E-state index contributed by atoms with van der Waals surface area (Å²) in [6, 6.07) is 5.98. The predicted molar refractivity (Wildman–Crippen MR) is 64.7 cm³/mol. The normalized spacial score (nSPS) is 12.2. The van der Waals surface area contributed by atoms with Crippen LogP contribution in [0, 0.1) is 0 Å². The third kappa shape index (κ3) is 2.08. The van der Waals surface area contributed by atoms with Gasteiger partial charge in [0.25, 0.3) is 0 Å². The maximum atomic E-state index is 5.85. The van der Waals surface area contributed by atoms with Gasteiger partial charge in [0.1, 0.15) is 5.75 Å². The highest BCUT2D eigenvalue weighted by atomic mass is 35.5. The van der Waals surface area contributed by atoms with Gasteiger partial charge < -0.3 is 15.5 Å². The molecule has 82 valence electrons. The van der Waals surface area contributed by atoms with E-state index in [4.69, 9.17) is 10.5 Å². The highest BCUT2D eigenvalue weighted by molar-refractivity contribution is 5.85. The number of fused-ring (bicyclic) bond motifs is 1. The summed E-state index contributed by atoms with van der Waals surface area (Å²) in [6.45, 7) is 1.97. The summed E-state index contributed by atoms with van der Waals surface area (Å²) in [4.78, 5) is 3.19. The lowest BCUT2D eigenvalue weighted by molar-refractivity contribution is 0.415. The predicted octanol–water partition coefficient (Wildman–Crippen LogP) is 2.62. The second-order valence-corrected chi connectivity index (χ2v) is 3.44. The molecule has 0 unspecified atom stereocenters. The molecule has 0 bridgehead atoms. The molecule has 1 aromatic carbocycles. The summed E-state index contributed by atoms with van der Waals surface area (Å²) in [5.41, 5.74) is 8.07. The molecule has 0 aliphatic carbocycles. The highest BCUT2D eigenvalue weighted by Gasteiger charge is 2.07. The van der Waals surface area contributed by atoms with Gasteiger partial charge in [0.15, 0.2) is 0 Å². The Labute approximate surface area is 95.0 Å². The summed E-state index contributed by atoms with van der Waals surface area (Å²) in [7, 11) is 1.67. The van der Waals surface area contributed by atoms with Crippen molar-refractivity contribution in [2.75, 3.05) is 7.11 Å². The van der Waals surface area contributed by atoms with E-state index in [-0.39, 0.29) is 18.4 Å². The van der Waals surface area contributed by atoms with E-state index in [1.807, 2.05) is 31.3 Å². The van der Waals surface area contributed by atoms with Crippen molar-refractivity contribution >= 4 is 23.3 Å². The van der Waals surface area contributed by atoms with Crippen LogP contribution in [-0.2, 0) is 0 Å². The molecule has 1 atom stereocenters. The second kappa shape index (κ2) is 4.55. The van der Waals surface area contributed by atoms with Crippen molar-refractivity contribution in [2.24, 2.45) is 5.73 Å². The molecule has 4 heteroatoms. The molecule has 15 heavy (non-hydrogen) atoms. The lowest BCUT2D eigenvalue weighted by atomic mass is 10.1. The number of ether oxygens (including phenoxy) is 1. The zero-order chi connectivity index (χ0) is 10.1. The van der Waals surface area contributed by atoms with Crippen LogP contribution in [0.4, 0.5) is 0 Å². The van der Waals surface area contributed by atoms with Crippen molar-refractivity contribution in [2.45, 2.75) is 13.0 Å². The van der Waals surface area contributed by atoms with Crippen molar-refractivity contribution in [3.05, 3.63) is 30.0 Å². The fraction of sp³-hybridized carbons (Fsp3) is 0.273. The van der Waals surface area contributed by atoms with Crippen LogP contribution in [0.25, 0.3) is 10.9 Å². The fourth-order valence-corrected chi connectivity index (χ4v) is 1.63. The Balaban J connectivity index is 0.00000112. The first-order valence-corrected chi connectivity index (χ1v) is 4.63. The van der Waals surface area contributed by atoms with Gasteiger partial charge in [-0.3, -0.25) is 0 Å². The quantitative estimate of drug-likeness (QED) is 0.827. The number of nitrogens with one attached hydrogen (secondary N) is 1. The molecule has 0 radical (unpaired) electrons. The van der Waals surface area contributed by atoms with Crippen molar-refractivity contribution in [1.29, 1.82) is 0 Å². The number of hydrogen-bond donors (Lipinski definition) is 2. The lowest BCUT2D eigenvalue weighted by Crippen LogP contribution is -2.03. The Morgan fingerprint density at radius 1 is 1.40 bits per heavy atom. The average Bonchev–Trinajstić information content (AvgIpc) is 2.59. The molecule has 0 saturated heterocycles. The molecule has 1 aromatic heterocycles. The first-order chi connectivity index (χ1) is 6.72. The average molecular weight is 227 g/mol. The smallest absolute Gasteiger partial charge is 0.119 e. The van der Waals surface area contributed by atoms with Crippen LogP contribution in [0.2, 0.25) is 0 Å². The maximum absolute atomic E-state index is 5.85. The minimum Gasteiger partial charge on any atom is -0.497 e. The minimum absolute atomic E-state index is 0. The molecule has 0 aliphatic heterocycles. The van der Waals surface area contributed by atoms with Crippen molar-refractivity contribution in [3.63, 3.8) is 0 Å². The molecule has 3 N–H and O–H groups in total. The molecule has 0 fully saturated rings. The number of methoxy groups -OCH3 is 1. The van der Waals surface area contributed by atoms with Gasteiger partial charge in [-0.05, 0) is 30.7 Å². The molecule has 0 amide bonds. The van der Waals surface area contributed by atoms with Gasteiger partial charge in [0, 0.05) is 23.1 Å². The number of aromatic amines is 1. The fourth-order valence-electron chi connectivity index (χ4n) is 1.63. The summed E-state index contributed by atoms with van der Waals surface area (Å²) >= 11 is 0. The van der Waals surface area contributed by atoms with Crippen molar-refractivity contribution < 1.29 is 4.74 Å². The molecule has 2 rings (SSSR count). The monoisotopic (exact) mass is 226 g/mol. The molecule has 0 aliphatic rings. The number of halogens is 1. The van der Waals surface area contributed by atoms with Crippen LogP contribution in [0.3, 0.4) is 0 Å². The largest absolute Gasteiger partial charge is 0.497 e. The zero-order valence-electron chi connectivity index (χ0n) is 8.78. The van der Waals surface area contributed by atoms with Gasteiger partial charge >= 0.3 is 0 Å². The number of benzene rings is 1. The Morgan fingerprint density at radius 2 is 2.13 bits per heavy atom. The molecule has 2 aromatic rings. The van der Waals surface area contributed by atoms with Gasteiger partial charge in [0.2, 0.25) is 0 Å². The Bertz CT molecular complexity index is 451. The number of rotatable bonds is 2. The number of nitrogens with two attached hydrogens (primary N) is 1. The van der Waals surface area contributed by atoms with Gasteiger partial charge in [0.05, 0.1) is 7.11 Å². The molecule has 1 heterocycles. The Hall–Kier alpha value is -1.19. The van der Waals surface area contributed by atoms with Gasteiger partial charge in [-0.1, -0.05) is 0 Å². The van der Waals surface area contributed by atoms with Gasteiger partial charge in [-0.25, -0.2) is 0 Å². The maximum Gasteiger partial charge on any atom is 0.119 e. The van der Waals surface area contributed by atoms with Crippen LogP contribution >= 0.6 is 12.4 Å². The van der Waals surface area contributed by atoms with Crippen LogP contribution in [-0.4, -0.2) is 12.1 Å². The molecule has 3 nitrogen and oxygen atoms in total. The first kappa shape index (κ1) is 11.9. The topological polar surface area (TPSA) is 51.0 Å². The van der Waals surface area contributed by atoms with Crippen LogP contribution < -0.4 is 10.5 Å². The third-order valence-corrected chi connectivity index (χ3v) is 2.41. The molecular formula is C11H15ClN2O. The SMILES string of the molecule is COc1ccc2[nH]cc([C@H](C)N)c2c1.Cl. The van der Waals surface area contributed by atoms with E-state index in [0.717, 1.165) is 22.2 Å². The molecular weight excluding hydrogens is 212 g/mol. The first-order valence-electron chi connectivity index (χ1n) is 4.63. The second-order valence-electron chi connectivity index (χ2n) is 3.44. The van der Waals surface area contributed by atoms with E-state index in [1.165, 1.54) is 0 Å². The van der Waals surface area contributed by atoms with E-state index in [2.05, 4.69) is 4.98 Å². The number of hydrogen-bond acceptors (Lipinski definition) is 2. The van der Waals surface area contributed by atoms with Crippen LogP contribution in [0.15, 0.2) is 24.4 Å². The Kier molecular flexibility index (Phi) is 3.61. The van der Waals surface area contributed by atoms with E-state index < -0.39 is 0 Å². The molecule has 0 saturated carbocycles. The number of aromatic nitrogens is 1. The van der Waals surface area contributed by atoms with E-state index in [9.17, 15) is 0 Å². The summed E-state index contributed by atoms with van der Waals surface area (Å²) in [6.07, 6.45) is 1.95. The summed E-state index contributed by atoms with van der Waals surface area (Å²) < 4.78 is 5.17. The number of H-pyrrole nitrogens is 1. The van der Waals surface area contributed by atoms with Crippen molar-refractivity contribution in [1.82, 2.24) is 4.98 Å². The van der Waals surface area contributed by atoms with Crippen LogP contribution in [0.5, 0.6) is 5.75 Å². The highest BCUT2D eigenvalue weighted by Crippen LogP contribution is 2.26. The molecule has 0 spiro atoms. The summed E-state index contributed by atoms with van der Waals surface area (Å²) in [5.74, 6) is 0.860. The van der Waals surface area contributed by atoms with Crippen molar-refractivity contribution in [3.8, 4) is 5.75 Å². The lowest BCUT2D eigenvalue weighted by Gasteiger charge is -2.04. The van der Waals surface area contributed by atoms with Gasteiger partial charge in [-0.15, -0.1) is 12.4 Å². The van der Waals surface area contributed by atoms with E-state index in [1.54, 1.807) is 7.11 Å². The minimum atomic E-state index is 0. The van der Waals surface area contributed by atoms with Gasteiger partial charge in [-0.2, -0.15) is 0 Å². The van der Waals surface area contributed by atoms with E-state index in [0.29, 0.717) is 0 Å².